The van der Waals surface area contributed by atoms with E-state index < -0.39 is 10.0 Å². The molecule has 0 amide bonds. The van der Waals surface area contributed by atoms with Crippen LogP contribution in [0.3, 0.4) is 0 Å². The average molecular weight is 397 g/mol. The number of ether oxygens (including phenoxy) is 2. The minimum Gasteiger partial charge on any atom is -0.454 e. The zero-order valence-corrected chi connectivity index (χ0v) is 16.6. The number of hydrogen-bond acceptors (Lipinski definition) is 4. The monoisotopic (exact) mass is 397 g/mol. The number of unbranched alkanes of at least 4 members (excludes halogenated alkanes) is 2. The maximum absolute atomic E-state index is 13.5. The van der Waals surface area contributed by atoms with Crippen molar-refractivity contribution in [2.75, 3.05) is 17.6 Å². The van der Waals surface area contributed by atoms with Gasteiger partial charge in [0.1, 0.15) is 0 Å². The Bertz CT molecular complexity index is 1090. The Labute approximate surface area is 165 Å². The third-order valence-electron chi connectivity index (χ3n) is 4.92. The smallest absolute Gasteiger partial charge is 0.264 e. The van der Waals surface area contributed by atoms with Gasteiger partial charge in [-0.3, -0.25) is 4.31 Å². The molecule has 0 unspecified atom stereocenters. The van der Waals surface area contributed by atoms with Gasteiger partial charge in [-0.25, -0.2) is 8.42 Å². The summed E-state index contributed by atoms with van der Waals surface area (Å²) < 4.78 is 39.3. The molecule has 0 aromatic heterocycles. The minimum absolute atomic E-state index is 0.159. The van der Waals surface area contributed by atoms with Crippen LogP contribution in [0.5, 0.6) is 11.5 Å². The first-order valence-corrected chi connectivity index (χ1v) is 10.9. The van der Waals surface area contributed by atoms with E-state index in [0.717, 1.165) is 30.0 Å². The first-order valence-electron chi connectivity index (χ1n) is 9.51. The van der Waals surface area contributed by atoms with E-state index in [1.807, 2.05) is 30.3 Å². The van der Waals surface area contributed by atoms with Gasteiger partial charge in [0.25, 0.3) is 10.0 Å². The van der Waals surface area contributed by atoms with Crippen molar-refractivity contribution in [1.29, 1.82) is 0 Å². The summed E-state index contributed by atoms with van der Waals surface area (Å²) in [7, 11) is -3.71. The van der Waals surface area contributed by atoms with Crippen molar-refractivity contribution in [3.8, 4) is 11.5 Å². The molecule has 0 saturated carbocycles. The Morgan fingerprint density at radius 2 is 1.68 bits per heavy atom. The molecule has 0 N–H and O–H groups in total. The highest BCUT2D eigenvalue weighted by Crippen LogP contribution is 2.37. The molecule has 0 radical (unpaired) electrons. The van der Waals surface area contributed by atoms with E-state index >= 15 is 0 Å². The topological polar surface area (TPSA) is 55.8 Å². The second-order valence-electron chi connectivity index (χ2n) is 6.83. The van der Waals surface area contributed by atoms with Gasteiger partial charge in [0.2, 0.25) is 6.79 Å². The van der Waals surface area contributed by atoms with Gasteiger partial charge in [-0.2, -0.15) is 0 Å². The summed E-state index contributed by atoms with van der Waals surface area (Å²) in [5, 5.41) is 1.92. The quantitative estimate of drug-likeness (QED) is 0.529. The predicted molar refractivity (Wildman–Crippen MR) is 111 cm³/mol. The first-order chi connectivity index (χ1) is 13.6. The summed E-state index contributed by atoms with van der Waals surface area (Å²) in [4.78, 5) is 0.292. The van der Waals surface area contributed by atoms with Gasteiger partial charge in [0, 0.05) is 12.6 Å². The number of fused-ring (bicyclic) bond motifs is 2. The number of benzene rings is 3. The Balaban J connectivity index is 1.75. The van der Waals surface area contributed by atoms with Crippen molar-refractivity contribution < 1.29 is 17.9 Å². The highest BCUT2D eigenvalue weighted by Gasteiger charge is 2.26. The maximum Gasteiger partial charge on any atom is 0.264 e. The molecule has 6 heteroatoms. The van der Waals surface area contributed by atoms with E-state index in [4.69, 9.17) is 9.47 Å². The summed E-state index contributed by atoms with van der Waals surface area (Å²) in [6.45, 7) is 2.68. The second kappa shape index (κ2) is 7.72. The number of anilines is 1. The molecule has 1 heterocycles. The fourth-order valence-corrected chi connectivity index (χ4v) is 4.92. The van der Waals surface area contributed by atoms with Crippen molar-refractivity contribution >= 4 is 26.5 Å². The van der Waals surface area contributed by atoms with Crippen LogP contribution >= 0.6 is 0 Å². The molecule has 0 atom stereocenters. The first kappa shape index (κ1) is 18.6. The van der Waals surface area contributed by atoms with E-state index in [1.54, 1.807) is 30.3 Å². The highest BCUT2D eigenvalue weighted by molar-refractivity contribution is 7.92. The van der Waals surface area contributed by atoms with Crippen LogP contribution in [0.4, 0.5) is 5.69 Å². The fourth-order valence-electron chi connectivity index (χ4n) is 3.39. The average Bonchev–Trinajstić information content (AvgIpc) is 3.18. The normalized spacial score (nSPS) is 13.0. The van der Waals surface area contributed by atoms with Crippen LogP contribution in [-0.2, 0) is 10.0 Å². The zero-order chi connectivity index (χ0) is 19.6. The van der Waals surface area contributed by atoms with Gasteiger partial charge >= 0.3 is 0 Å². The van der Waals surface area contributed by atoms with Crippen molar-refractivity contribution in [3.05, 3.63) is 60.7 Å². The van der Waals surface area contributed by atoms with Crippen molar-refractivity contribution in [2.24, 2.45) is 0 Å². The third kappa shape index (κ3) is 3.52. The molecule has 0 saturated heterocycles. The fraction of sp³-hybridized carbons (Fsp3) is 0.273. The second-order valence-corrected chi connectivity index (χ2v) is 8.69. The summed E-state index contributed by atoms with van der Waals surface area (Å²) >= 11 is 0. The lowest BCUT2D eigenvalue weighted by molar-refractivity contribution is 0.174. The van der Waals surface area contributed by atoms with Crippen LogP contribution < -0.4 is 13.8 Å². The molecule has 0 bridgehead atoms. The SMILES string of the molecule is CCCCCN(c1ccc2c(c1)OCO2)S(=O)(=O)c1ccc2ccccc2c1. The van der Waals surface area contributed by atoms with E-state index in [0.29, 0.717) is 28.6 Å². The standard InChI is InChI=1S/C22H23NO4S/c1-2-3-6-13-23(19-10-12-21-22(15-19)27-16-26-21)28(24,25)20-11-9-17-7-4-5-8-18(17)14-20/h4-5,7-12,14-15H,2-3,6,13,16H2,1H3. The lowest BCUT2D eigenvalue weighted by Gasteiger charge is -2.25. The van der Waals surface area contributed by atoms with E-state index in [-0.39, 0.29) is 6.79 Å². The Morgan fingerprint density at radius 1 is 0.893 bits per heavy atom. The maximum atomic E-state index is 13.5. The molecular weight excluding hydrogens is 374 g/mol. The van der Waals surface area contributed by atoms with Crippen LogP contribution in [0.15, 0.2) is 65.6 Å². The number of rotatable bonds is 7. The van der Waals surface area contributed by atoms with Crippen LogP contribution in [0, 0.1) is 0 Å². The molecule has 4 rings (SSSR count). The minimum atomic E-state index is -3.71. The third-order valence-corrected chi connectivity index (χ3v) is 6.74. The Hall–Kier alpha value is -2.73. The van der Waals surface area contributed by atoms with Gasteiger partial charge in [0.15, 0.2) is 11.5 Å². The molecule has 3 aromatic carbocycles. The number of hydrogen-bond donors (Lipinski definition) is 0. The van der Waals surface area contributed by atoms with Gasteiger partial charge in [-0.1, -0.05) is 50.1 Å². The Morgan fingerprint density at radius 3 is 2.50 bits per heavy atom. The van der Waals surface area contributed by atoms with Crippen LogP contribution in [0.1, 0.15) is 26.2 Å². The molecule has 0 fully saturated rings. The van der Waals surface area contributed by atoms with Crippen LogP contribution in [0.25, 0.3) is 10.8 Å². The highest BCUT2D eigenvalue weighted by atomic mass is 32.2. The summed E-state index contributed by atoms with van der Waals surface area (Å²) in [6.07, 6.45) is 2.77. The largest absolute Gasteiger partial charge is 0.454 e. The summed E-state index contributed by atoms with van der Waals surface area (Å²) in [6, 6.07) is 18.3. The molecule has 0 spiro atoms. The van der Waals surface area contributed by atoms with Crippen LogP contribution in [-0.4, -0.2) is 21.8 Å². The van der Waals surface area contributed by atoms with Crippen LogP contribution in [0.2, 0.25) is 0 Å². The summed E-state index contributed by atoms with van der Waals surface area (Å²) in [5.74, 6) is 1.21. The van der Waals surface area contributed by atoms with E-state index in [1.165, 1.54) is 4.31 Å². The van der Waals surface area contributed by atoms with Crippen molar-refractivity contribution in [3.63, 3.8) is 0 Å². The molecule has 1 aliphatic heterocycles. The van der Waals surface area contributed by atoms with Crippen molar-refractivity contribution in [1.82, 2.24) is 0 Å². The molecular formula is C22H23NO4S. The Kier molecular flexibility index (Phi) is 5.13. The van der Waals surface area contributed by atoms with E-state index in [2.05, 4.69) is 6.92 Å². The lowest BCUT2D eigenvalue weighted by Crippen LogP contribution is -2.32. The zero-order valence-electron chi connectivity index (χ0n) is 15.8. The molecule has 0 aliphatic carbocycles. The van der Waals surface area contributed by atoms with Gasteiger partial charge in [-0.05, 0) is 41.5 Å². The number of nitrogens with zero attached hydrogens (tertiary/aromatic N) is 1. The van der Waals surface area contributed by atoms with E-state index in [9.17, 15) is 8.42 Å². The molecule has 3 aromatic rings. The molecule has 146 valence electrons. The molecule has 5 nitrogen and oxygen atoms in total. The summed E-state index contributed by atoms with van der Waals surface area (Å²) in [5.41, 5.74) is 0.591. The van der Waals surface area contributed by atoms with Gasteiger partial charge in [0.05, 0.1) is 10.6 Å². The molecule has 28 heavy (non-hydrogen) atoms. The molecule has 1 aliphatic rings. The van der Waals surface area contributed by atoms with Gasteiger partial charge < -0.3 is 9.47 Å². The van der Waals surface area contributed by atoms with Gasteiger partial charge in [-0.15, -0.1) is 0 Å². The number of sulfonamides is 1. The lowest BCUT2D eigenvalue weighted by atomic mass is 10.1. The predicted octanol–water partition coefficient (Wildman–Crippen LogP) is 4.95. The van der Waals surface area contributed by atoms with Crippen molar-refractivity contribution in [2.45, 2.75) is 31.1 Å².